The van der Waals surface area contributed by atoms with Crippen molar-refractivity contribution in [2.45, 2.75) is 98.4 Å². The van der Waals surface area contributed by atoms with Crippen LogP contribution in [0, 0.1) is 28.9 Å². The highest BCUT2D eigenvalue weighted by atomic mass is 19.1. The van der Waals surface area contributed by atoms with Gasteiger partial charge in [-0.3, -0.25) is 14.4 Å². The van der Waals surface area contributed by atoms with E-state index in [9.17, 15) is 33.8 Å². The van der Waals surface area contributed by atoms with Crippen LogP contribution in [0.3, 0.4) is 0 Å². The third-order valence-corrected chi connectivity index (χ3v) is 9.60. The van der Waals surface area contributed by atoms with Crippen LogP contribution in [0.25, 0.3) is 5.57 Å². The summed E-state index contributed by atoms with van der Waals surface area (Å²) >= 11 is 0. The van der Waals surface area contributed by atoms with Crippen LogP contribution in [-0.2, 0) is 25.7 Å². The number of aliphatic hydroxyl groups excluding tert-OH is 1. The van der Waals surface area contributed by atoms with Gasteiger partial charge < -0.3 is 30.6 Å². The Balaban J connectivity index is 1.99. The fourth-order valence-corrected chi connectivity index (χ4v) is 6.80. The van der Waals surface area contributed by atoms with Crippen molar-refractivity contribution in [3.63, 3.8) is 0 Å². The molecule has 0 saturated carbocycles. The minimum Gasteiger partial charge on any atom is -0.480 e. The Labute approximate surface area is 293 Å². The third kappa shape index (κ3) is 9.68. The van der Waals surface area contributed by atoms with E-state index in [0.717, 1.165) is 23.8 Å². The van der Waals surface area contributed by atoms with Crippen LogP contribution >= 0.6 is 0 Å². The summed E-state index contributed by atoms with van der Waals surface area (Å²) in [7, 11) is 0. The van der Waals surface area contributed by atoms with E-state index in [1.165, 1.54) is 11.8 Å². The summed E-state index contributed by atoms with van der Waals surface area (Å²) in [5, 5.41) is 25.4. The third-order valence-electron chi connectivity index (χ3n) is 9.60. The quantitative estimate of drug-likeness (QED) is 0.206. The van der Waals surface area contributed by atoms with Crippen molar-refractivity contribution in [3.05, 3.63) is 77.5 Å². The lowest BCUT2D eigenvalue weighted by Crippen LogP contribution is -2.64. The first-order valence-corrected chi connectivity index (χ1v) is 17.0. The highest BCUT2D eigenvalue weighted by molar-refractivity contribution is 5.90. The Morgan fingerprint density at radius 3 is 2.18 bits per heavy atom. The number of benzene rings is 2. The average molecular weight is 699 g/mol. The monoisotopic (exact) mass is 698 g/mol. The highest BCUT2D eigenvalue weighted by Crippen LogP contribution is 2.47. The van der Waals surface area contributed by atoms with Gasteiger partial charge in [0.1, 0.15) is 30.3 Å². The average Bonchev–Trinajstić information content (AvgIpc) is 3.37. The van der Waals surface area contributed by atoms with Crippen LogP contribution in [0.4, 0.5) is 8.78 Å². The second kappa shape index (κ2) is 16.6. The first-order valence-electron chi connectivity index (χ1n) is 17.0. The molecule has 12 heteroatoms. The standard InChI is InChI=1S/C38H52F2N4O6/c1-23(2)24(3)33(47)41-25(4)34(48)42-31(35(49)50)16-17-44(32(46)22-45)36(37(5,6)7)38(8)19-27(29-18-28(39)14-15-30(29)40)21-43(38)20-26-12-10-9-11-13-26/h9-15,18,21,23-25,31,36,45H,16-17,19-20,22H2,1-8H3,(H,41,47)(H,42,48)(H,49,50)/t24-,25-,31-,36+,38?/m0/s1. The van der Waals surface area contributed by atoms with Gasteiger partial charge in [-0.2, -0.15) is 0 Å². The molecule has 274 valence electrons. The molecule has 0 spiro atoms. The molecule has 0 fully saturated rings. The Morgan fingerprint density at radius 1 is 0.980 bits per heavy atom. The molecule has 3 amide bonds. The summed E-state index contributed by atoms with van der Waals surface area (Å²) in [6.45, 7) is 14.0. The molecule has 1 aliphatic heterocycles. The lowest BCUT2D eigenvalue weighted by Gasteiger charge is -2.53. The molecule has 0 aliphatic carbocycles. The number of hydrogen-bond donors (Lipinski definition) is 4. The molecule has 4 N–H and O–H groups in total. The first-order chi connectivity index (χ1) is 23.3. The smallest absolute Gasteiger partial charge is 0.326 e. The second-order valence-electron chi connectivity index (χ2n) is 14.9. The van der Waals surface area contributed by atoms with Gasteiger partial charge in [-0.1, -0.05) is 71.9 Å². The van der Waals surface area contributed by atoms with Crippen LogP contribution in [0.2, 0.25) is 0 Å². The summed E-state index contributed by atoms with van der Waals surface area (Å²) < 4.78 is 29.5. The Bertz CT molecular complexity index is 1560. The molecule has 2 aromatic rings. The Morgan fingerprint density at radius 2 is 1.62 bits per heavy atom. The number of amides is 3. The van der Waals surface area contributed by atoms with E-state index in [4.69, 9.17) is 0 Å². The molecular formula is C38H52F2N4O6. The number of rotatable bonds is 15. The fraction of sp³-hybridized carbons (Fsp3) is 0.526. The van der Waals surface area contributed by atoms with Gasteiger partial charge in [0.15, 0.2) is 0 Å². The van der Waals surface area contributed by atoms with Crippen LogP contribution in [0.5, 0.6) is 0 Å². The van der Waals surface area contributed by atoms with Crippen LogP contribution in [0.15, 0.2) is 54.7 Å². The summed E-state index contributed by atoms with van der Waals surface area (Å²) in [4.78, 5) is 55.0. The van der Waals surface area contributed by atoms with Crippen molar-refractivity contribution < 1.29 is 38.2 Å². The molecule has 5 atom stereocenters. The topological polar surface area (TPSA) is 139 Å². The number of nitrogens with one attached hydrogen (secondary N) is 2. The number of halogens is 2. The van der Waals surface area contributed by atoms with Gasteiger partial charge in [-0.05, 0) is 67.4 Å². The molecule has 1 aliphatic rings. The van der Waals surface area contributed by atoms with Crippen molar-refractivity contribution in [1.29, 1.82) is 0 Å². The van der Waals surface area contributed by atoms with Crippen LogP contribution in [-0.4, -0.2) is 80.5 Å². The van der Waals surface area contributed by atoms with Crippen molar-refractivity contribution in [1.82, 2.24) is 20.4 Å². The van der Waals surface area contributed by atoms with Crippen LogP contribution in [0.1, 0.15) is 79.4 Å². The minimum atomic E-state index is -1.43. The molecule has 3 rings (SSSR count). The Kier molecular flexibility index (Phi) is 13.3. The number of aliphatic carboxylic acids is 1. The van der Waals surface area contributed by atoms with Gasteiger partial charge >= 0.3 is 5.97 Å². The van der Waals surface area contributed by atoms with Gasteiger partial charge in [0.25, 0.3) is 0 Å². The normalized spacial score (nSPS) is 18.6. The van der Waals surface area contributed by atoms with E-state index in [2.05, 4.69) is 10.6 Å². The number of carboxylic acids is 1. The maximum absolute atomic E-state index is 15.2. The van der Waals surface area contributed by atoms with E-state index in [1.54, 1.807) is 13.1 Å². The zero-order valence-electron chi connectivity index (χ0n) is 30.3. The number of hydrogen-bond acceptors (Lipinski definition) is 6. The lowest BCUT2D eigenvalue weighted by molar-refractivity contribution is -0.147. The van der Waals surface area contributed by atoms with Crippen molar-refractivity contribution >= 4 is 29.3 Å². The first kappa shape index (κ1) is 40.1. The highest BCUT2D eigenvalue weighted by Gasteiger charge is 2.52. The van der Waals surface area contributed by atoms with Crippen molar-refractivity contribution in [2.24, 2.45) is 17.3 Å². The molecular weight excluding hydrogens is 646 g/mol. The minimum absolute atomic E-state index is 0.0346. The van der Waals surface area contributed by atoms with E-state index >= 15 is 4.39 Å². The van der Waals surface area contributed by atoms with E-state index in [-0.39, 0.29) is 42.7 Å². The molecule has 0 saturated heterocycles. The van der Waals surface area contributed by atoms with E-state index < -0.39 is 65.1 Å². The van der Waals surface area contributed by atoms with Gasteiger partial charge in [-0.25, -0.2) is 13.6 Å². The predicted molar refractivity (Wildman–Crippen MR) is 187 cm³/mol. The number of aliphatic hydroxyl groups is 1. The number of carbonyl (C=O) groups excluding carboxylic acids is 3. The molecule has 0 bridgehead atoms. The largest absolute Gasteiger partial charge is 0.480 e. The summed E-state index contributed by atoms with van der Waals surface area (Å²) in [5.41, 5.74) is -0.101. The zero-order chi connectivity index (χ0) is 37.6. The van der Waals surface area contributed by atoms with E-state index in [1.807, 2.05) is 76.8 Å². The number of nitrogens with zero attached hydrogens (tertiary/aromatic N) is 2. The molecule has 2 aromatic carbocycles. The molecule has 10 nitrogen and oxygen atoms in total. The van der Waals surface area contributed by atoms with E-state index in [0.29, 0.717) is 12.1 Å². The molecule has 1 heterocycles. The maximum Gasteiger partial charge on any atom is 0.326 e. The summed E-state index contributed by atoms with van der Waals surface area (Å²) in [6.07, 6.45) is 1.76. The SMILES string of the molecule is CC(C)[C@H](C)C(=O)N[C@@H](C)C(=O)N[C@@H](CCN(C(=O)CO)[C@H](C(C)(C)C)C1(C)CC(c2cc(F)ccc2F)=CN1Cc1ccccc1)C(=O)O. The number of carboxylic acid groups (broad SMARTS) is 1. The van der Waals surface area contributed by atoms with Gasteiger partial charge in [0.2, 0.25) is 17.7 Å². The summed E-state index contributed by atoms with van der Waals surface area (Å²) in [6, 6.07) is 9.65. The molecule has 0 radical (unpaired) electrons. The van der Waals surface area contributed by atoms with Crippen molar-refractivity contribution in [3.8, 4) is 0 Å². The molecule has 50 heavy (non-hydrogen) atoms. The van der Waals surface area contributed by atoms with Gasteiger partial charge in [-0.15, -0.1) is 0 Å². The van der Waals surface area contributed by atoms with Gasteiger partial charge in [0.05, 0.1) is 11.6 Å². The molecule has 0 aromatic heterocycles. The molecule has 1 unspecified atom stereocenters. The van der Waals surface area contributed by atoms with Crippen LogP contribution < -0.4 is 10.6 Å². The predicted octanol–water partition coefficient (Wildman–Crippen LogP) is 4.96. The Hall–Kier alpha value is -4.32. The lowest BCUT2D eigenvalue weighted by atomic mass is 9.71. The maximum atomic E-state index is 15.2. The number of carbonyl (C=O) groups is 4. The summed E-state index contributed by atoms with van der Waals surface area (Å²) in [5.74, 6) is -4.54. The fourth-order valence-electron chi connectivity index (χ4n) is 6.80. The zero-order valence-corrected chi connectivity index (χ0v) is 30.3. The van der Waals surface area contributed by atoms with Crippen molar-refractivity contribution in [2.75, 3.05) is 13.2 Å². The second-order valence-corrected chi connectivity index (χ2v) is 14.9. The van der Waals surface area contributed by atoms with Gasteiger partial charge in [0, 0.05) is 30.8 Å².